The molecule has 5 heteroatoms. The Morgan fingerprint density at radius 2 is 2.19 bits per heavy atom. The predicted octanol–water partition coefficient (Wildman–Crippen LogP) is 1.08. The first-order chi connectivity index (χ1) is 6.94. The summed E-state index contributed by atoms with van der Waals surface area (Å²) < 4.78 is 5.58. The Morgan fingerprint density at radius 3 is 2.62 bits per heavy atom. The molecule has 1 aliphatic rings. The summed E-state index contributed by atoms with van der Waals surface area (Å²) in [6.45, 7) is 7.27. The van der Waals surface area contributed by atoms with E-state index in [1.54, 1.807) is 0 Å². The number of carbonyl (C=O) groups excluding carboxylic acids is 1. The molecule has 1 heterocycles. The molecule has 0 radical (unpaired) electrons. The summed E-state index contributed by atoms with van der Waals surface area (Å²) in [5.74, 6) is 0.0871. The van der Waals surface area contributed by atoms with E-state index in [4.69, 9.17) is 10.5 Å². The van der Waals surface area contributed by atoms with Crippen LogP contribution in [-0.4, -0.2) is 30.7 Å². The first-order valence-electron chi connectivity index (χ1n) is 5.62. The van der Waals surface area contributed by atoms with Gasteiger partial charge in [0.25, 0.3) is 0 Å². The van der Waals surface area contributed by atoms with E-state index in [-0.39, 0.29) is 29.8 Å². The number of nitrogens with two attached hydrogens (primary N) is 1. The van der Waals surface area contributed by atoms with Crippen LogP contribution in [0.5, 0.6) is 0 Å². The van der Waals surface area contributed by atoms with Crippen LogP contribution in [0.25, 0.3) is 0 Å². The number of nitrogens with one attached hydrogen (secondary N) is 1. The molecule has 4 nitrogen and oxygen atoms in total. The van der Waals surface area contributed by atoms with Crippen LogP contribution >= 0.6 is 12.4 Å². The van der Waals surface area contributed by atoms with Crippen LogP contribution in [-0.2, 0) is 9.53 Å². The van der Waals surface area contributed by atoms with Gasteiger partial charge < -0.3 is 15.8 Å². The number of carbonyl (C=O) groups is 1. The minimum absolute atomic E-state index is 0. The van der Waals surface area contributed by atoms with E-state index in [0.29, 0.717) is 6.54 Å². The summed E-state index contributed by atoms with van der Waals surface area (Å²) in [5, 5.41) is 2.86. The maximum absolute atomic E-state index is 11.6. The van der Waals surface area contributed by atoms with Crippen molar-refractivity contribution in [3.63, 3.8) is 0 Å². The van der Waals surface area contributed by atoms with E-state index in [1.807, 2.05) is 20.8 Å². The van der Waals surface area contributed by atoms with Crippen LogP contribution in [0.2, 0.25) is 0 Å². The molecule has 2 atom stereocenters. The largest absolute Gasteiger partial charge is 0.373 e. The lowest BCUT2D eigenvalue weighted by molar-refractivity contribution is -0.124. The van der Waals surface area contributed by atoms with Gasteiger partial charge in [0, 0.05) is 13.2 Å². The van der Waals surface area contributed by atoms with Crippen molar-refractivity contribution >= 4 is 18.3 Å². The van der Waals surface area contributed by atoms with Gasteiger partial charge in [-0.15, -0.1) is 12.4 Å². The summed E-state index contributed by atoms with van der Waals surface area (Å²) in [4.78, 5) is 11.6. The molecular weight excluding hydrogens is 228 g/mol. The third kappa shape index (κ3) is 4.28. The fourth-order valence-electron chi connectivity index (χ4n) is 1.67. The molecule has 1 fully saturated rings. The molecule has 1 aliphatic heterocycles. The number of amides is 1. The second-order valence-corrected chi connectivity index (χ2v) is 4.89. The zero-order valence-electron chi connectivity index (χ0n) is 10.3. The molecule has 0 saturated carbocycles. The van der Waals surface area contributed by atoms with Crippen LogP contribution in [0, 0.1) is 5.92 Å². The van der Waals surface area contributed by atoms with E-state index < -0.39 is 6.04 Å². The van der Waals surface area contributed by atoms with E-state index >= 15 is 0 Å². The van der Waals surface area contributed by atoms with Crippen LogP contribution in [0.3, 0.4) is 0 Å². The molecule has 3 N–H and O–H groups in total. The minimum Gasteiger partial charge on any atom is -0.373 e. The second-order valence-electron chi connectivity index (χ2n) is 4.89. The van der Waals surface area contributed by atoms with Gasteiger partial charge in [-0.1, -0.05) is 13.8 Å². The number of rotatable bonds is 4. The van der Waals surface area contributed by atoms with Gasteiger partial charge in [0.2, 0.25) is 5.91 Å². The number of halogens is 1. The van der Waals surface area contributed by atoms with Crippen molar-refractivity contribution in [2.45, 2.75) is 45.3 Å². The molecule has 1 amide bonds. The molecule has 0 spiro atoms. The summed E-state index contributed by atoms with van der Waals surface area (Å²) in [7, 11) is 0. The first kappa shape index (κ1) is 15.7. The maximum atomic E-state index is 11.6. The Kier molecular flexibility index (Phi) is 6.30. The van der Waals surface area contributed by atoms with E-state index in [0.717, 1.165) is 19.4 Å². The van der Waals surface area contributed by atoms with E-state index in [2.05, 4.69) is 5.32 Å². The average Bonchev–Trinajstić information content (AvgIpc) is 2.61. The van der Waals surface area contributed by atoms with Crippen molar-refractivity contribution in [3.05, 3.63) is 0 Å². The molecule has 1 saturated heterocycles. The smallest absolute Gasteiger partial charge is 0.237 e. The van der Waals surface area contributed by atoms with Crippen LogP contribution in [0.4, 0.5) is 0 Å². The van der Waals surface area contributed by atoms with Gasteiger partial charge in [-0.25, -0.2) is 0 Å². The molecule has 96 valence electrons. The Hall–Kier alpha value is -0.320. The van der Waals surface area contributed by atoms with Gasteiger partial charge in [0.15, 0.2) is 0 Å². The zero-order valence-corrected chi connectivity index (χ0v) is 11.1. The topological polar surface area (TPSA) is 64.4 Å². The predicted molar refractivity (Wildman–Crippen MR) is 66.7 cm³/mol. The Labute approximate surface area is 104 Å². The molecule has 1 rings (SSSR count). The molecule has 0 aromatic rings. The van der Waals surface area contributed by atoms with Gasteiger partial charge in [-0.05, 0) is 25.7 Å². The van der Waals surface area contributed by atoms with Crippen LogP contribution in [0.15, 0.2) is 0 Å². The standard InChI is InChI=1S/C11H22N2O2.ClH/c1-8(2)9(12)10(14)13-7-11(3)5-4-6-15-11;/h8-9H,4-7,12H2,1-3H3,(H,13,14);1H. The summed E-state index contributed by atoms with van der Waals surface area (Å²) in [6.07, 6.45) is 2.08. The molecule has 2 unspecified atom stereocenters. The quantitative estimate of drug-likeness (QED) is 0.785. The molecule has 0 aromatic heterocycles. The molecular formula is C11H23ClN2O2. The van der Waals surface area contributed by atoms with Crippen molar-refractivity contribution in [1.29, 1.82) is 0 Å². The fraction of sp³-hybridized carbons (Fsp3) is 0.909. The Morgan fingerprint density at radius 1 is 1.56 bits per heavy atom. The first-order valence-corrected chi connectivity index (χ1v) is 5.62. The van der Waals surface area contributed by atoms with Gasteiger partial charge in [-0.3, -0.25) is 4.79 Å². The fourth-order valence-corrected chi connectivity index (χ4v) is 1.67. The highest BCUT2D eigenvalue weighted by Gasteiger charge is 2.30. The Bertz CT molecular complexity index is 228. The van der Waals surface area contributed by atoms with Crippen molar-refractivity contribution in [1.82, 2.24) is 5.32 Å². The van der Waals surface area contributed by atoms with Crippen molar-refractivity contribution in [3.8, 4) is 0 Å². The molecule has 0 aromatic carbocycles. The summed E-state index contributed by atoms with van der Waals surface area (Å²) >= 11 is 0. The molecule has 0 aliphatic carbocycles. The average molecular weight is 251 g/mol. The highest BCUT2D eigenvalue weighted by Crippen LogP contribution is 2.23. The normalized spacial score (nSPS) is 26.3. The summed E-state index contributed by atoms with van der Waals surface area (Å²) in [5.41, 5.74) is 5.55. The summed E-state index contributed by atoms with van der Waals surface area (Å²) in [6, 6.07) is -0.421. The van der Waals surface area contributed by atoms with Gasteiger partial charge >= 0.3 is 0 Å². The van der Waals surface area contributed by atoms with Gasteiger partial charge in [0.1, 0.15) is 0 Å². The number of hydrogen-bond donors (Lipinski definition) is 2. The maximum Gasteiger partial charge on any atom is 0.237 e. The van der Waals surface area contributed by atoms with E-state index in [9.17, 15) is 4.79 Å². The molecule has 0 bridgehead atoms. The van der Waals surface area contributed by atoms with Crippen molar-refractivity contribution < 1.29 is 9.53 Å². The van der Waals surface area contributed by atoms with Crippen LogP contribution in [0.1, 0.15) is 33.6 Å². The minimum atomic E-state index is -0.421. The lowest BCUT2D eigenvalue weighted by Crippen LogP contribution is -2.48. The molecule has 16 heavy (non-hydrogen) atoms. The van der Waals surface area contributed by atoms with Crippen molar-refractivity contribution in [2.75, 3.05) is 13.2 Å². The van der Waals surface area contributed by atoms with Crippen LogP contribution < -0.4 is 11.1 Å². The Balaban J connectivity index is 0.00000225. The number of hydrogen-bond acceptors (Lipinski definition) is 3. The lowest BCUT2D eigenvalue weighted by Gasteiger charge is -2.25. The lowest BCUT2D eigenvalue weighted by atomic mass is 10.0. The zero-order chi connectivity index (χ0) is 11.5. The van der Waals surface area contributed by atoms with Gasteiger partial charge in [-0.2, -0.15) is 0 Å². The van der Waals surface area contributed by atoms with E-state index in [1.165, 1.54) is 0 Å². The third-order valence-corrected chi connectivity index (χ3v) is 2.96. The monoisotopic (exact) mass is 250 g/mol. The van der Waals surface area contributed by atoms with Crippen molar-refractivity contribution in [2.24, 2.45) is 11.7 Å². The third-order valence-electron chi connectivity index (χ3n) is 2.96. The highest BCUT2D eigenvalue weighted by atomic mass is 35.5. The second kappa shape index (κ2) is 6.42. The SMILES string of the molecule is CC(C)C(N)C(=O)NCC1(C)CCCO1.Cl. The number of ether oxygens (including phenoxy) is 1. The highest BCUT2D eigenvalue weighted by molar-refractivity contribution is 5.85. The van der Waals surface area contributed by atoms with Gasteiger partial charge in [0.05, 0.1) is 11.6 Å².